The molecule has 0 saturated heterocycles. The van der Waals surface area contributed by atoms with Crippen LogP contribution in [0.2, 0.25) is 0 Å². The van der Waals surface area contributed by atoms with E-state index in [-0.39, 0.29) is 5.41 Å². The van der Waals surface area contributed by atoms with Gasteiger partial charge < -0.3 is 16.0 Å². The van der Waals surface area contributed by atoms with Crippen LogP contribution in [0.5, 0.6) is 0 Å². The van der Waals surface area contributed by atoms with Gasteiger partial charge in [-0.25, -0.2) is 0 Å². The highest BCUT2D eigenvalue weighted by atomic mass is 15.3. The fraction of sp³-hybridized carbons (Fsp3) is 0.304. The molecular weight excluding hydrogens is 360 g/mol. The van der Waals surface area contributed by atoms with E-state index in [4.69, 9.17) is 15.8 Å². The molecule has 4 N–H and O–H groups in total. The molecule has 2 aromatic heterocycles. The standard InChI is InChI=1S/C23H26N6/c1-5-26-22-18-14(3)29(11-10-24)28-20(18)21-19(23(22)8-9-23)16-7-6-15(13(2)25-4)12-17(16)27-21/h5-7,12,25,27H,2-3,8-11,24H2,1,4H3. The second kappa shape index (κ2) is 6.19. The van der Waals surface area contributed by atoms with E-state index >= 15 is 0 Å². The molecule has 1 fully saturated rings. The number of aromatic nitrogens is 3. The van der Waals surface area contributed by atoms with Gasteiger partial charge in [0.05, 0.1) is 28.5 Å². The van der Waals surface area contributed by atoms with Crippen LogP contribution in [0, 0.1) is 0 Å². The lowest BCUT2D eigenvalue weighted by Crippen LogP contribution is -2.36. The summed E-state index contributed by atoms with van der Waals surface area (Å²) in [4.78, 5) is 8.51. The van der Waals surface area contributed by atoms with Gasteiger partial charge in [-0.1, -0.05) is 25.3 Å². The molecular formula is C23H26N6. The molecule has 0 aliphatic heterocycles. The number of nitrogens with one attached hydrogen (secondary N) is 2. The van der Waals surface area contributed by atoms with E-state index < -0.39 is 0 Å². The predicted octanol–water partition coefficient (Wildman–Crippen LogP) is 1.83. The van der Waals surface area contributed by atoms with Crippen LogP contribution in [0.1, 0.15) is 30.9 Å². The molecule has 0 bridgehead atoms. The van der Waals surface area contributed by atoms with Gasteiger partial charge in [-0.05, 0) is 37.0 Å². The fourth-order valence-electron chi connectivity index (χ4n) is 4.72. The van der Waals surface area contributed by atoms with Crippen molar-refractivity contribution in [1.29, 1.82) is 0 Å². The Labute approximate surface area is 169 Å². The summed E-state index contributed by atoms with van der Waals surface area (Å²) in [5.74, 6) is 0. The Morgan fingerprint density at radius 2 is 2.24 bits per heavy atom. The highest BCUT2D eigenvalue weighted by Crippen LogP contribution is 2.60. The van der Waals surface area contributed by atoms with Crippen LogP contribution in [0.25, 0.3) is 40.3 Å². The second-order valence-electron chi connectivity index (χ2n) is 7.86. The summed E-state index contributed by atoms with van der Waals surface area (Å²) in [6.45, 7) is 11.6. The second-order valence-corrected chi connectivity index (χ2v) is 7.86. The summed E-state index contributed by atoms with van der Waals surface area (Å²) in [7, 11) is 1.89. The number of fused-ring (bicyclic) bond motifs is 6. The first-order valence-electron chi connectivity index (χ1n) is 10.1. The summed E-state index contributed by atoms with van der Waals surface area (Å²) in [5, 5.41) is 11.2. The number of H-pyrrole nitrogens is 1. The molecule has 0 amide bonds. The van der Waals surface area contributed by atoms with Crippen molar-refractivity contribution in [1.82, 2.24) is 20.1 Å². The van der Waals surface area contributed by atoms with Crippen LogP contribution >= 0.6 is 0 Å². The molecule has 6 nitrogen and oxygen atoms in total. The average molecular weight is 387 g/mol. The predicted molar refractivity (Wildman–Crippen MR) is 120 cm³/mol. The molecule has 0 atom stereocenters. The topological polar surface area (TPSA) is 84.0 Å². The van der Waals surface area contributed by atoms with Crippen molar-refractivity contribution in [3.05, 3.63) is 46.5 Å². The number of rotatable bonds is 5. The number of aromatic amines is 1. The Balaban J connectivity index is 1.86. The Morgan fingerprint density at radius 1 is 1.45 bits per heavy atom. The monoisotopic (exact) mass is 386 g/mol. The van der Waals surface area contributed by atoms with Gasteiger partial charge in [-0.3, -0.25) is 9.67 Å². The summed E-state index contributed by atoms with van der Waals surface area (Å²) < 4.78 is 1.92. The molecule has 2 aliphatic carbocycles. The summed E-state index contributed by atoms with van der Waals surface area (Å²) in [5.41, 5.74) is 13.3. The molecule has 1 spiro atoms. The van der Waals surface area contributed by atoms with E-state index in [1.807, 2.05) is 24.9 Å². The third-order valence-electron chi connectivity index (χ3n) is 6.26. The van der Waals surface area contributed by atoms with Crippen LogP contribution in [0.15, 0.2) is 29.8 Å². The first-order valence-corrected chi connectivity index (χ1v) is 10.1. The van der Waals surface area contributed by atoms with Gasteiger partial charge >= 0.3 is 0 Å². The summed E-state index contributed by atoms with van der Waals surface area (Å²) in [6.07, 6.45) is 4.06. The Morgan fingerprint density at radius 3 is 2.90 bits per heavy atom. The van der Waals surface area contributed by atoms with Gasteiger partial charge in [0.15, 0.2) is 0 Å². The van der Waals surface area contributed by atoms with Gasteiger partial charge in [0.25, 0.3) is 0 Å². The number of hydrogen-bond donors (Lipinski definition) is 3. The van der Waals surface area contributed by atoms with E-state index in [1.54, 1.807) is 0 Å². The first-order chi connectivity index (χ1) is 14.1. The van der Waals surface area contributed by atoms with Crippen molar-refractivity contribution in [2.24, 2.45) is 10.7 Å². The highest BCUT2D eigenvalue weighted by molar-refractivity contribution is 5.98. The Kier molecular flexibility index (Phi) is 3.83. The minimum atomic E-state index is -0.0579. The summed E-state index contributed by atoms with van der Waals surface area (Å²) >= 11 is 0. The zero-order valence-corrected chi connectivity index (χ0v) is 17.0. The van der Waals surface area contributed by atoms with Gasteiger partial charge in [0.1, 0.15) is 5.69 Å². The molecule has 148 valence electrons. The normalized spacial score (nSPS) is 16.4. The lowest BCUT2D eigenvalue weighted by molar-refractivity contribution is 0.610. The maximum Gasteiger partial charge on any atom is 0.119 e. The summed E-state index contributed by atoms with van der Waals surface area (Å²) in [6, 6.07) is 6.49. The van der Waals surface area contributed by atoms with E-state index in [0.29, 0.717) is 13.1 Å². The molecule has 1 saturated carbocycles. The van der Waals surface area contributed by atoms with Gasteiger partial charge in [-0.15, -0.1) is 0 Å². The average Bonchev–Trinajstić information content (AvgIpc) is 3.31. The lowest BCUT2D eigenvalue weighted by atomic mass is 9.83. The van der Waals surface area contributed by atoms with E-state index in [1.165, 1.54) is 10.9 Å². The molecule has 5 rings (SSSR count). The molecule has 3 aromatic rings. The van der Waals surface area contributed by atoms with Crippen molar-refractivity contribution in [2.75, 3.05) is 13.6 Å². The van der Waals surface area contributed by atoms with Crippen molar-refractivity contribution in [2.45, 2.75) is 31.7 Å². The van der Waals surface area contributed by atoms with Crippen LogP contribution in [0.3, 0.4) is 0 Å². The van der Waals surface area contributed by atoms with Crippen molar-refractivity contribution < 1.29 is 0 Å². The van der Waals surface area contributed by atoms with Crippen LogP contribution in [-0.4, -0.2) is 34.6 Å². The van der Waals surface area contributed by atoms with Crippen LogP contribution in [-0.2, 0) is 12.0 Å². The SMILES string of the molecule is C=C(NC)c1ccc2c3c([nH]c2c1)-c1nn(CCN)c(=C)c1=C(N=CC)C31CC1. The number of aliphatic imine (C=N–C) groups is 1. The van der Waals surface area contributed by atoms with Gasteiger partial charge in [0.2, 0.25) is 0 Å². The Bertz CT molecular complexity index is 1300. The molecule has 2 heterocycles. The molecule has 0 radical (unpaired) electrons. The first kappa shape index (κ1) is 17.9. The van der Waals surface area contributed by atoms with Crippen molar-refractivity contribution in [3.8, 4) is 11.4 Å². The minimum Gasteiger partial charge on any atom is -0.388 e. The highest BCUT2D eigenvalue weighted by Gasteiger charge is 2.53. The number of hydrogen-bond acceptors (Lipinski definition) is 4. The third-order valence-corrected chi connectivity index (χ3v) is 6.26. The van der Waals surface area contributed by atoms with E-state index in [9.17, 15) is 0 Å². The van der Waals surface area contributed by atoms with Crippen molar-refractivity contribution in [3.63, 3.8) is 0 Å². The third kappa shape index (κ3) is 2.32. The van der Waals surface area contributed by atoms with Crippen molar-refractivity contribution >= 4 is 35.1 Å². The zero-order valence-electron chi connectivity index (χ0n) is 17.0. The number of nitrogens with two attached hydrogens (primary N) is 1. The maximum absolute atomic E-state index is 5.81. The van der Waals surface area contributed by atoms with Crippen LogP contribution in [0.4, 0.5) is 0 Å². The Hall–Kier alpha value is -3.12. The van der Waals surface area contributed by atoms with Crippen LogP contribution < -0.4 is 21.6 Å². The number of benzene rings is 1. The largest absolute Gasteiger partial charge is 0.388 e. The lowest BCUT2D eigenvalue weighted by Gasteiger charge is -2.21. The van der Waals surface area contributed by atoms with E-state index in [0.717, 1.165) is 57.3 Å². The fourth-order valence-corrected chi connectivity index (χ4v) is 4.72. The molecule has 0 unspecified atom stereocenters. The number of nitrogens with zero attached hydrogens (tertiary/aromatic N) is 3. The van der Waals surface area contributed by atoms with E-state index in [2.05, 4.69) is 41.7 Å². The van der Waals surface area contributed by atoms with Gasteiger partial charge in [-0.2, -0.15) is 5.10 Å². The zero-order chi connectivity index (χ0) is 20.3. The molecule has 2 aliphatic rings. The quantitative estimate of drug-likeness (QED) is 0.585. The molecule has 29 heavy (non-hydrogen) atoms. The van der Waals surface area contributed by atoms with Gasteiger partial charge in [0, 0.05) is 41.8 Å². The molecule has 1 aromatic carbocycles. The maximum atomic E-state index is 5.81. The smallest absolute Gasteiger partial charge is 0.119 e. The minimum absolute atomic E-state index is 0.0579. The molecule has 6 heteroatoms.